The Bertz CT molecular complexity index is 728. The number of para-hydroxylation sites is 1. The van der Waals surface area contributed by atoms with E-state index in [1.807, 2.05) is 0 Å². The van der Waals surface area contributed by atoms with Gasteiger partial charge in [0.2, 0.25) is 0 Å². The van der Waals surface area contributed by atoms with Crippen LogP contribution in [0.5, 0.6) is 5.75 Å². The summed E-state index contributed by atoms with van der Waals surface area (Å²) in [6.45, 7) is 3.12. The zero-order valence-corrected chi connectivity index (χ0v) is 13.4. The first-order valence-electron chi connectivity index (χ1n) is 6.94. The van der Waals surface area contributed by atoms with Gasteiger partial charge in [0.25, 0.3) is 5.91 Å². The van der Waals surface area contributed by atoms with Crippen molar-refractivity contribution in [2.75, 3.05) is 5.32 Å². The van der Waals surface area contributed by atoms with Crippen molar-refractivity contribution in [1.82, 2.24) is 0 Å². The normalized spacial score (nSPS) is 11.6. The lowest BCUT2D eigenvalue weighted by Gasteiger charge is -2.14. The monoisotopic (exact) mass is 333 g/mol. The standard InChI is InChI=1S/C17H16ClNO4/c1-10-4-3-5-14(15(10)20)17(22)23-11(2)16(21)19-13-8-6-12(18)7-9-13/h3-9,11,20H,1-2H3,(H,19,21)/t11-/m0/s1. The number of ether oxygens (including phenoxy) is 1. The van der Waals surface area contributed by atoms with Gasteiger partial charge in [0.05, 0.1) is 0 Å². The largest absolute Gasteiger partial charge is 0.507 e. The van der Waals surface area contributed by atoms with E-state index < -0.39 is 18.0 Å². The summed E-state index contributed by atoms with van der Waals surface area (Å²) in [4.78, 5) is 24.1. The molecule has 0 aromatic heterocycles. The molecule has 0 bridgehead atoms. The minimum atomic E-state index is -1.02. The maximum absolute atomic E-state index is 12.1. The molecule has 0 aliphatic rings. The third kappa shape index (κ3) is 4.23. The fourth-order valence-corrected chi connectivity index (χ4v) is 2.00. The molecule has 0 radical (unpaired) electrons. The van der Waals surface area contributed by atoms with Crippen LogP contribution in [0.3, 0.4) is 0 Å². The number of phenolic OH excluding ortho intramolecular Hbond substituents is 1. The van der Waals surface area contributed by atoms with Crippen LogP contribution in [0.4, 0.5) is 5.69 Å². The number of aryl methyl sites for hydroxylation is 1. The minimum Gasteiger partial charge on any atom is -0.507 e. The van der Waals surface area contributed by atoms with Crippen LogP contribution < -0.4 is 5.32 Å². The Morgan fingerprint density at radius 1 is 1.17 bits per heavy atom. The molecule has 23 heavy (non-hydrogen) atoms. The molecule has 0 heterocycles. The van der Waals surface area contributed by atoms with E-state index >= 15 is 0 Å². The van der Waals surface area contributed by atoms with Gasteiger partial charge in [0, 0.05) is 10.7 Å². The number of nitrogens with one attached hydrogen (secondary N) is 1. The molecule has 2 N–H and O–H groups in total. The molecule has 5 nitrogen and oxygen atoms in total. The third-order valence-electron chi connectivity index (χ3n) is 3.22. The Kier molecular flexibility index (Phi) is 5.24. The number of halogens is 1. The van der Waals surface area contributed by atoms with Crippen molar-refractivity contribution in [1.29, 1.82) is 0 Å². The maximum atomic E-state index is 12.1. The van der Waals surface area contributed by atoms with Gasteiger partial charge in [-0.25, -0.2) is 4.79 Å². The second-order valence-electron chi connectivity index (χ2n) is 5.01. The number of amides is 1. The molecular formula is C17H16ClNO4. The van der Waals surface area contributed by atoms with Crippen molar-refractivity contribution >= 4 is 29.2 Å². The number of anilines is 1. The lowest BCUT2D eigenvalue weighted by Crippen LogP contribution is -2.30. The van der Waals surface area contributed by atoms with Crippen LogP contribution in [0.1, 0.15) is 22.8 Å². The highest BCUT2D eigenvalue weighted by Gasteiger charge is 2.21. The SMILES string of the molecule is Cc1cccc(C(=O)O[C@@H](C)C(=O)Nc2ccc(Cl)cc2)c1O. The first-order valence-corrected chi connectivity index (χ1v) is 7.32. The van der Waals surface area contributed by atoms with Crippen molar-refractivity contribution in [2.45, 2.75) is 20.0 Å². The fourth-order valence-electron chi connectivity index (χ4n) is 1.88. The molecule has 0 aliphatic heterocycles. The number of carbonyl (C=O) groups excluding carboxylic acids is 2. The smallest absolute Gasteiger partial charge is 0.342 e. The molecule has 2 aromatic rings. The average molecular weight is 334 g/mol. The summed E-state index contributed by atoms with van der Waals surface area (Å²) < 4.78 is 5.09. The molecular weight excluding hydrogens is 318 g/mol. The highest BCUT2D eigenvalue weighted by molar-refractivity contribution is 6.30. The molecule has 2 aromatic carbocycles. The zero-order chi connectivity index (χ0) is 17.0. The van der Waals surface area contributed by atoms with Crippen molar-refractivity contribution in [3.05, 3.63) is 58.6 Å². The van der Waals surface area contributed by atoms with Gasteiger partial charge in [-0.2, -0.15) is 0 Å². The van der Waals surface area contributed by atoms with E-state index in [-0.39, 0.29) is 11.3 Å². The summed E-state index contributed by atoms with van der Waals surface area (Å²) in [7, 11) is 0. The number of aromatic hydroxyl groups is 1. The van der Waals surface area contributed by atoms with Crippen LogP contribution in [0.15, 0.2) is 42.5 Å². The van der Waals surface area contributed by atoms with E-state index in [1.165, 1.54) is 13.0 Å². The Hall–Kier alpha value is -2.53. The van der Waals surface area contributed by atoms with Crippen molar-refractivity contribution in [2.24, 2.45) is 0 Å². The van der Waals surface area contributed by atoms with E-state index in [0.717, 1.165) is 0 Å². The molecule has 0 spiro atoms. The van der Waals surface area contributed by atoms with Crippen LogP contribution in [0, 0.1) is 6.92 Å². The highest BCUT2D eigenvalue weighted by atomic mass is 35.5. The summed E-state index contributed by atoms with van der Waals surface area (Å²) >= 11 is 5.77. The first-order chi connectivity index (χ1) is 10.9. The Balaban J connectivity index is 2.01. The number of benzene rings is 2. The summed E-state index contributed by atoms with van der Waals surface area (Å²) in [6.07, 6.45) is -1.02. The van der Waals surface area contributed by atoms with Gasteiger partial charge in [-0.1, -0.05) is 23.7 Å². The van der Waals surface area contributed by atoms with Crippen LogP contribution >= 0.6 is 11.6 Å². The van der Waals surface area contributed by atoms with E-state index in [4.69, 9.17) is 16.3 Å². The highest BCUT2D eigenvalue weighted by Crippen LogP contribution is 2.22. The lowest BCUT2D eigenvalue weighted by molar-refractivity contribution is -0.123. The van der Waals surface area contributed by atoms with E-state index in [2.05, 4.69) is 5.32 Å². The molecule has 0 saturated heterocycles. The lowest BCUT2D eigenvalue weighted by atomic mass is 10.1. The third-order valence-corrected chi connectivity index (χ3v) is 3.47. The van der Waals surface area contributed by atoms with Gasteiger partial charge in [0.1, 0.15) is 11.3 Å². The van der Waals surface area contributed by atoms with Crippen molar-refractivity contribution in [3.8, 4) is 5.75 Å². The van der Waals surface area contributed by atoms with Crippen LogP contribution in [-0.4, -0.2) is 23.1 Å². The number of rotatable bonds is 4. The van der Waals surface area contributed by atoms with Crippen molar-refractivity contribution in [3.63, 3.8) is 0 Å². The summed E-state index contributed by atoms with van der Waals surface area (Å²) in [5.74, 6) is -1.39. The molecule has 0 aliphatic carbocycles. The summed E-state index contributed by atoms with van der Waals surface area (Å²) in [5, 5.41) is 13.0. The summed E-state index contributed by atoms with van der Waals surface area (Å²) in [6, 6.07) is 11.3. The van der Waals surface area contributed by atoms with Crippen LogP contribution in [0.2, 0.25) is 5.02 Å². The van der Waals surface area contributed by atoms with Crippen molar-refractivity contribution < 1.29 is 19.4 Å². The second-order valence-corrected chi connectivity index (χ2v) is 5.45. The Morgan fingerprint density at radius 2 is 1.83 bits per heavy atom. The first kappa shape index (κ1) is 16.8. The van der Waals surface area contributed by atoms with Gasteiger partial charge < -0.3 is 15.2 Å². The van der Waals surface area contributed by atoms with Crippen LogP contribution in [-0.2, 0) is 9.53 Å². The maximum Gasteiger partial charge on any atom is 0.342 e. The number of esters is 1. The molecule has 0 fully saturated rings. The number of hydrogen-bond acceptors (Lipinski definition) is 4. The van der Waals surface area contributed by atoms with Gasteiger partial charge in [-0.15, -0.1) is 0 Å². The second kappa shape index (κ2) is 7.15. The van der Waals surface area contributed by atoms with E-state index in [9.17, 15) is 14.7 Å². The molecule has 120 valence electrons. The predicted molar refractivity (Wildman–Crippen MR) is 87.8 cm³/mol. The number of hydrogen-bond donors (Lipinski definition) is 2. The quantitative estimate of drug-likeness (QED) is 0.839. The van der Waals surface area contributed by atoms with Gasteiger partial charge in [-0.05, 0) is 49.7 Å². The van der Waals surface area contributed by atoms with E-state index in [1.54, 1.807) is 43.3 Å². The zero-order valence-electron chi connectivity index (χ0n) is 12.7. The molecule has 2 rings (SSSR count). The number of carbonyl (C=O) groups is 2. The molecule has 6 heteroatoms. The minimum absolute atomic E-state index is 0.0242. The fraction of sp³-hybridized carbons (Fsp3) is 0.176. The Morgan fingerprint density at radius 3 is 2.48 bits per heavy atom. The topological polar surface area (TPSA) is 75.6 Å². The molecule has 0 unspecified atom stereocenters. The van der Waals surface area contributed by atoms with E-state index in [0.29, 0.717) is 16.3 Å². The number of phenols is 1. The van der Waals surface area contributed by atoms with Crippen LogP contribution in [0.25, 0.3) is 0 Å². The molecule has 1 atom stereocenters. The molecule has 1 amide bonds. The average Bonchev–Trinajstić information content (AvgIpc) is 2.52. The predicted octanol–water partition coefficient (Wildman–Crippen LogP) is 3.54. The van der Waals surface area contributed by atoms with Gasteiger partial charge in [0.15, 0.2) is 6.10 Å². The molecule has 0 saturated carbocycles. The van der Waals surface area contributed by atoms with Gasteiger partial charge in [-0.3, -0.25) is 4.79 Å². The summed E-state index contributed by atoms with van der Waals surface area (Å²) in [5.41, 5.74) is 1.12. The Labute approximate surface area is 138 Å². The van der Waals surface area contributed by atoms with Gasteiger partial charge >= 0.3 is 5.97 Å².